The monoisotopic (exact) mass is 521 g/mol. The molecule has 2 aromatic rings. The number of alkyl halides is 1. The molecule has 0 fully saturated rings. The molecule has 37 heavy (non-hydrogen) atoms. The van der Waals surface area contributed by atoms with Crippen LogP contribution < -0.4 is 0 Å². The lowest BCUT2D eigenvalue weighted by atomic mass is 10.1. The molecule has 0 amide bonds. The van der Waals surface area contributed by atoms with Crippen molar-refractivity contribution in [2.24, 2.45) is 0 Å². The highest BCUT2D eigenvalue weighted by atomic mass is 19.1. The maximum absolute atomic E-state index is 15.1. The minimum Gasteiger partial charge on any atom is -0.480 e. The molecular weight excluding hydrogens is 481 g/mol. The van der Waals surface area contributed by atoms with Crippen LogP contribution in [-0.2, 0) is 41.6 Å². The van der Waals surface area contributed by atoms with E-state index in [1.807, 2.05) is 36.4 Å². The molecule has 0 saturated carbocycles. The van der Waals surface area contributed by atoms with E-state index in [2.05, 4.69) is 29.2 Å². The highest BCUT2D eigenvalue weighted by Crippen LogP contribution is 2.14. The zero-order chi connectivity index (χ0) is 26.6. The molecule has 1 N–H and O–H groups in total. The molecule has 0 radical (unpaired) electrons. The van der Waals surface area contributed by atoms with Crippen molar-refractivity contribution in [2.45, 2.75) is 32.3 Å². The second-order valence-corrected chi connectivity index (χ2v) is 8.52. The number of rotatable bonds is 22. The third-order valence-corrected chi connectivity index (χ3v) is 5.39. The first kappa shape index (κ1) is 30.8. The van der Waals surface area contributed by atoms with Crippen molar-refractivity contribution in [1.29, 1.82) is 0 Å². The van der Waals surface area contributed by atoms with E-state index in [9.17, 15) is 4.79 Å². The first-order valence-corrected chi connectivity index (χ1v) is 12.6. The van der Waals surface area contributed by atoms with Gasteiger partial charge < -0.3 is 28.8 Å². The third kappa shape index (κ3) is 15.5. The summed E-state index contributed by atoms with van der Waals surface area (Å²) in [6, 6.07) is 20.2. The number of carboxylic acids is 1. The highest BCUT2D eigenvalue weighted by Gasteiger charge is 2.21. The molecule has 0 aromatic heterocycles. The van der Waals surface area contributed by atoms with E-state index < -0.39 is 18.2 Å². The average molecular weight is 522 g/mol. The third-order valence-electron chi connectivity index (χ3n) is 5.39. The molecule has 0 saturated heterocycles. The van der Waals surface area contributed by atoms with E-state index in [0.717, 1.165) is 11.1 Å². The van der Waals surface area contributed by atoms with Crippen molar-refractivity contribution < 1.29 is 38.0 Å². The molecule has 2 unspecified atom stereocenters. The predicted octanol–water partition coefficient (Wildman–Crippen LogP) is 3.58. The molecule has 8 nitrogen and oxygen atoms in total. The lowest BCUT2D eigenvalue weighted by Gasteiger charge is -2.27. The van der Waals surface area contributed by atoms with Crippen LogP contribution in [0.2, 0.25) is 0 Å². The summed E-state index contributed by atoms with van der Waals surface area (Å²) in [6.45, 7) is 5.83. The van der Waals surface area contributed by atoms with E-state index in [4.69, 9.17) is 28.8 Å². The van der Waals surface area contributed by atoms with Gasteiger partial charge in [0, 0.05) is 19.6 Å². The summed E-state index contributed by atoms with van der Waals surface area (Å²) in [4.78, 5) is 12.4. The smallest absolute Gasteiger partial charge is 0.329 e. The van der Waals surface area contributed by atoms with Crippen LogP contribution >= 0.6 is 0 Å². The summed E-state index contributed by atoms with van der Waals surface area (Å²) in [5.41, 5.74) is 2.29. The topological polar surface area (TPSA) is 86.7 Å². The van der Waals surface area contributed by atoms with Gasteiger partial charge in [-0.2, -0.15) is 0 Å². The Morgan fingerprint density at radius 1 is 0.757 bits per heavy atom. The molecule has 2 aromatic carbocycles. The summed E-state index contributed by atoms with van der Waals surface area (Å²) in [5.74, 6) is -1.00. The number of benzene rings is 2. The number of hydrogen-bond acceptors (Lipinski definition) is 7. The van der Waals surface area contributed by atoms with Crippen LogP contribution in [0, 0.1) is 0 Å². The molecule has 0 heterocycles. The lowest BCUT2D eigenvalue weighted by molar-refractivity contribution is -0.142. The lowest BCUT2D eigenvalue weighted by Crippen LogP contribution is -2.36. The number of halogens is 1. The summed E-state index contributed by atoms with van der Waals surface area (Å²) in [7, 11) is 0. The second-order valence-electron chi connectivity index (χ2n) is 8.52. The van der Waals surface area contributed by atoms with Gasteiger partial charge in [0.25, 0.3) is 0 Å². The van der Waals surface area contributed by atoms with E-state index >= 15 is 4.39 Å². The zero-order valence-electron chi connectivity index (χ0n) is 21.6. The molecule has 0 aliphatic rings. The standard InChI is InChI=1S/C28H40FNO7/c1-24(37-19-18-35-15-14-33-12-13-34-16-17-36-23-28(31)32)27(29)22-30(20-25-8-4-2-5-9-25)21-26-10-6-3-7-11-26/h2-11,24,27H,12-23H2,1H3,(H,31,32). The number of carboxylic acid groups (broad SMARTS) is 1. The fraction of sp³-hybridized carbons (Fsp3) is 0.536. The van der Waals surface area contributed by atoms with Crippen LogP contribution in [0.4, 0.5) is 4.39 Å². The minimum absolute atomic E-state index is 0.228. The summed E-state index contributed by atoms with van der Waals surface area (Å²) in [6.07, 6.45) is -1.68. The van der Waals surface area contributed by atoms with Crippen LogP contribution in [0.15, 0.2) is 60.7 Å². The van der Waals surface area contributed by atoms with Crippen LogP contribution in [0.5, 0.6) is 0 Å². The average Bonchev–Trinajstić information content (AvgIpc) is 2.89. The Kier molecular flexibility index (Phi) is 16.4. The van der Waals surface area contributed by atoms with Gasteiger partial charge in [-0.25, -0.2) is 9.18 Å². The minimum atomic E-state index is -1.13. The van der Waals surface area contributed by atoms with E-state index in [1.54, 1.807) is 6.92 Å². The van der Waals surface area contributed by atoms with Gasteiger partial charge in [0.1, 0.15) is 12.8 Å². The normalized spacial score (nSPS) is 13.1. The van der Waals surface area contributed by atoms with Crippen LogP contribution in [0.25, 0.3) is 0 Å². The highest BCUT2D eigenvalue weighted by molar-refractivity contribution is 5.67. The zero-order valence-corrected chi connectivity index (χ0v) is 21.6. The van der Waals surface area contributed by atoms with Crippen LogP contribution in [0.1, 0.15) is 18.1 Å². The quantitative estimate of drug-likeness (QED) is 0.235. The van der Waals surface area contributed by atoms with Gasteiger partial charge in [0.2, 0.25) is 0 Å². The number of carbonyl (C=O) groups is 1. The number of nitrogens with zero attached hydrogens (tertiary/aromatic N) is 1. The molecule has 2 rings (SSSR count). The van der Waals surface area contributed by atoms with Crippen LogP contribution in [0.3, 0.4) is 0 Å². The van der Waals surface area contributed by atoms with Gasteiger partial charge in [-0.3, -0.25) is 4.90 Å². The summed E-state index contributed by atoms with van der Waals surface area (Å²) >= 11 is 0. The van der Waals surface area contributed by atoms with Crippen molar-refractivity contribution in [3.8, 4) is 0 Å². The van der Waals surface area contributed by atoms with Crippen molar-refractivity contribution in [3.05, 3.63) is 71.8 Å². The van der Waals surface area contributed by atoms with Gasteiger partial charge in [-0.15, -0.1) is 0 Å². The molecule has 2 atom stereocenters. The molecular formula is C28H40FNO7. The Hall–Kier alpha value is -2.40. The van der Waals surface area contributed by atoms with Gasteiger partial charge >= 0.3 is 5.97 Å². The first-order chi connectivity index (χ1) is 18.0. The molecule has 0 spiro atoms. The summed E-state index contributed by atoms with van der Waals surface area (Å²) in [5, 5.41) is 8.44. The van der Waals surface area contributed by atoms with E-state index in [0.29, 0.717) is 59.3 Å². The van der Waals surface area contributed by atoms with Gasteiger partial charge in [-0.05, 0) is 18.1 Å². The van der Waals surface area contributed by atoms with Gasteiger partial charge in [0.15, 0.2) is 0 Å². The maximum atomic E-state index is 15.1. The molecule has 0 aliphatic carbocycles. The van der Waals surface area contributed by atoms with E-state index in [1.165, 1.54) is 0 Å². The second kappa shape index (κ2) is 19.7. The van der Waals surface area contributed by atoms with Crippen molar-refractivity contribution in [1.82, 2.24) is 4.90 Å². The number of aliphatic carboxylic acids is 1. The summed E-state index contributed by atoms with van der Waals surface area (Å²) < 4.78 is 41.7. The Balaban J connectivity index is 1.55. The molecule has 0 bridgehead atoms. The largest absolute Gasteiger partial charge is 0.480 e. The van der Waals surface area contributed by atoms with E-state index in [-0.39, 0.29) is 19.8 Å². The van der Waals surface area contributed by atoms with Gasteiger partial charge in [0.05, 0.1) is 59.0 Å². The number of ether oxygens (including phenoxy) is 5. The Labute approximate surface area is 219 Å². The van der Waals surface area contributed by atoms with Gasteiger partial charge in [-0.1, -0.05) is 60.7 Å². The van der Waals surface area contributed by atoms with Crippen LogP contribution in [-0.4, -0.2) is 94.3 Å². The van der Waals surface area contributed by atoms with Crippen molar-refractivity contribution >= 4 is 5.97 Å². The predicted molar refractivity (Wildman–Crippen MR) is 138 cm³/mol. The molecule has 9 heteroatoms. The Bertz CT molecular complexity index is 786. The molecule has 0 aliphatic heterocycles. The maximum Gasteiger partial charge on any atom is 0.329 e. The first-order valence-electron chi connectivity index (χ1n) is 12.6. The fourth-order valence-corrected chi connectivity index (χ4v) is 3.48. The Morgan fingerprint density at radius 2 is 1.19 bits per heavy atom. The fourth-order valence-electron chi connectivity index (χ4n) is 3.48. The molecule has 206 valence electrons. The number of hydrogen-bond donors (Lipinski definition) is 1. The van der Waals surface area contributed by atoms with Crippen molar-refractivity contribution in [3.63, 3.8) is 0 Å². The SMILES string of the molecule is CC(OCCOCCOCCOCCOCC(=O)O)C(F)CN(Cc1ccccc1)Cc1ccccc1. The van der Waals surface area contributed by atoms with Crippen molar-refractivity contribution in [2.75, 3.05) is 66.0 Å². The Morgan fingerprint density at radius 3 is 1.65 bits per heavy atom.